The minimum absolute atomic E-state index is 0.221. The average molecular weight is 380 g/mol. The van der Waals surface area contributed by atoms with E-state index >= 15 is 0 Å². The fourth-order valence-corrected chi connectivity index (χ4v) is 2.53. The summed E-state index contributed by atoms with van der Waals surface area (Å²) in [5.74, 6) is 1.64. The third kappa shape index (κ3) is 4.16. The van der Waals surface area contributed by atoms with Crippen LogP contribution in [0.15, 0.2) is 40.9 Å². The van der Waals surface area contributed by atoms with Gasteiger partial charge in [-0.25, -0.2) is 0 Å². The molecule has 0 unspecified atom stereocenters. The molecule has 0 radical (unpaired) electrons. The van der Waals surface area contributed by atoms with Crippen LogP contribution in [-0.2, 0) is 0 Å². The number of amides is 1. The first-order valence-corrected chi connectivity index (χ1v) is 7.84. The number of anilines is 1. The van der Waals surface area contributed by atoms with E-state index in [0.717, 1.165) is 4.47 Å². The van der Waals surface area contributed by atoms with Crippen molar-refractivity contribution in [3.05, 3.63) is 46.4 Å². The van der Waals surface area contributed by atoms with Gasteiger partial charge in [-0.2, -0.15) is 0 Å². The Bertz CT molecular complexity index is 703. The molecule has 2 aromatic rings. The third-order valence-corrected chi connectivity index (χ3v) is 3.76. The van der Waals surface area contributed by atoms with Crippen LogP contribution in [0.2, 0.25) is 0 Å². The monoisotopic (exact) mass is 379 g/mol. The Kier molecular flexibility index (Phi) is 5.87. The topological polar surface area (TPSA) is 56.8 Å². The highest BCUT2D eigenvalue weighted by atomic mass is 79.9. The zero-order valence-corrected chi connectivity index (χ0v) is 14.8. The Labute approximate surface area is 143 Å². The SMILES string of the molecule is CCOc1ccc(C(=O)Nc2ccc(OC)c(OC)c2)cc1Br. The number of hydrogen-bond acceptors (Lipinski definition) is 4. The smallest absolute Gasteiger partial charge is 0.255 e. The second-order valence-electron chi connectivity index (χ2n) is 4.60. The van der Waals surface area contributed by atoms with Crippen LogP contribution < -0.4 is 19.5 Å². The van der Waals surface area contributed by atoms with Gasteiger partial charge < -0.3 is 19.5 Å². The van der Waals surface area contributed by atoms with Crippen LogP contribution in [0.25, 0.3) is 0 Å². The zero-order chi connectivity index (χ0) is 16.8. The van der Waals surface area contributed by atoms with Gasteiger partial charge in [0.2, 0.25) is 0 Å². The highest BCUT2D eigenvalue weighted by molar-refractivity contribution is 9.10. The van der Waals surface area contributed by atoms with Crippen molar-refractivity contribution < 1.29 is 19.0 Å². The maximum atomic E-state index is 12.3. The molecule has 0 heterocycles. The molecule has 0 aliphatic carbocycles. The lowest BCUT2D eigenvalue weighted by atomic mass is 10.2. The van der Waals surface area contributed by atoms with E-state index in [4.69, 9.17) is 14.2 Å². The molecule has 0 atom stereocenters. The van der Waals surface area contributed by atoms with Crippen molar-refractivity contribution in [2.75, 3.05) is 26.1 Å². The van der Waals surface area contributed by atoms with Crippen molar-refractivity contribution in [2.45, 2.75) is 6.92 Å². The van der Waals surface area contributed by atoms with Crippen LogP contribution in [0.4, 0.5) is 5.69 Å². The molecule has 0 aliphatic heterocycles. The Morgan fingerprint density at radius 1 is 1.04 bits per heavy atom. The van der Waals surface area contributed by atoms with Gasteiger partial charge in [0.1, 0.15) is 5.75 Å². The fraction of sp³-hybridized carbons (Fsp3) is 0.235. The molecule has 0 aromatic heterocycles. The molecule has 2 rings (SSSR count). The first kappa shape index (κ1) is 17.1. The average Bonchev–Trinajstić information content (AvgIpc) is 2.56. The zero-order valence-electron chi connectivity index (χ0n) is 13.2. The van der Waals surface area contributed by atoms with Crippen LogP contribution >= 0.6 is 15.9 Å². The van der Waals surface area contributed by atoms with Gasteiger partial charge in [-0.3, -0.25) is 4.79 Å². The molecule has 2 aromatic carbocycles. The van der Waals surface area contributed by atoms with Crippen LogP contribution in [0.5, 0.6) is 17.2 Å². The second-order valence-corrected chi connectivity index (χ2v) is 5.46. The van der Waals surface area contributed by atoms with Gasteiger partial charge in [0, 0.05) is 17.3 Å². The molecular formula is C17H18BrNO4. The molecule has 5 nitrogen and oxygen atoms in total. The summed E-state index contributed by atoms with van der Waals surface area (Å²) >= 11 is 3.40. The van der Waals surface area contributed by atoms with Gasteiger partial charge in [0.15, 0.2) is 11.5 Å². The van der Waals surface area contributed by atoms with Crippen molar-refractivity contribution in [3.8, 4) is 17.2 Å². The summed E-state index contributed by atoms with van der Waals surface area (Å²) < 4.78 is 16.6. The van der Waals surface area contributed by atoms with Gasteiger partial charge in [-0.05, 0) is 53.2 Å². The summed E-state index contributed by atoms with van der Waals surface area (Å²) in [5, 5.41) is 2.83. The molecular weight excluding hydrogens is 362 g/mol. The van der Waals surface area contributed by atoms with Crippen molar-refractivity contribution >= 4 is 27.5 Å². The Morgan fingerprint density at radius 3 is 2.35 bits per heavy atom. The molecule has 1 amide bonds. The number of methoxy groups -OCH3 is 2. The molecule has 0 fully saturated rings. The Hall–Kier alpha value is -2.21. The first-order chi connectivity index (χ1) is 11.1. The molecule has 1 N–H and O–H groups in total. The second kappa shape index (κ2) is 7.87. The summed E-state index contributed by atoms with van der Waals surface area (Å²) in [7, 11) is 3.11. The van der Waals surface area contributed by atoms with Crippen LogP contribution in [0.1, 0.15) is 17.3 Å². The molecule has 0 spiro atoms. The number of hydrogen-bond donors (Lipinski definition) is 1. The summed E-state index contributed by atoms with van der Waals surface area (Å²) in [5.41, 5.74) is 1.15. The number of ether oxygens (including phenoxy) is 3. The fourth-order valence-electron chi connectivity index (χ4n) is 2.03. The van der Waals surface area contributed by atoms with Crippen LogP contribution in [0, 0.1) is 0 Å². The standard InChI is InChI=1S/C17H18BrNO4/c1-4-23-14-7-5-11(9-13(14)18)17(20)19-12-6-8-15(21-2)16(10-12)22-3/h5-10H,4H2,1-3H3,(H,19,20). The Balaban J connectivity index is 2.17. The van der Waals surface area contributed by atoms with Gasteiger partial charge >= 0.3 is 0 Å². The van der Waals surface area contributed by atoms with Crippen molar-refractivity contribution in [2.24, 2.45) is 0 Å². The van der Waals surface area contributed by atoms with E-state index in [1.165, 1.54) is 0 Å². The van der Waals surface area contributed by atoms with Gasteiger partial charge in [-0.1, -0.05) is 0 Å². The summed E-state index contributed by atoms with van der Waals surface area (Å²) in [6.07, 6.45) is 0. The number of nitrogens with one attached hydrogen (secondary N) is 1. The van der Waals surface area contributed by atoms with E-state index in [1.54, 1.807) is 50.6 Å². The number of carbonyl (C=O) groups is 1. The molecule has 0 saturated carbocycles. The predicted molar refractivity (Wildman–Crippen MR) is 92.8 cm³/mol. The van der Waals surface area contributed by atoms with E-state index in [-0.39, 0.29) is 5.91 Å². The normalized spacial score (nSPS) is 10.1. The molecule has 23 heavy (non-hydrogen) atoms. The molecule has 6 heteroatoms. The van der Waals surface area contributed by atoms with E-state index in [0.29, 0.717) is 35.1 Å². The van der Waals surface area contributed by atoms with Crippen LogP contribution in [-0.4, -0.2) is 26.7 Å². The lowest BCUT2D eigenvalue weighted by Crippen LogP contribution is -2.12. The largest absolute Gasteiger partial charge is 0.493 e. The third-order valence-electron chi connectivity index (χ3n) is 3.14. The quantitative estimate of drug-likeness (QED) is 0.819. The van der Waals surface area contributed by atoms with Gasteiger partial charge in [0.05, 0.1) is 25.3 Å². The summed E-state index contributed by atoms with van der Waals surface area (Å²) in [6, 6.07) is 10.4. The van der Waals surface area contributed by atoms with E-state index in [1.807, 2.05) is 6.92 Å². The summed E-state index contributed by atoms with van der Waals surface area (Å²) in [6.45, 7) is 2.47. The minimum Gasteiger partial charge on any atom is -0.493 e. The molecule has 0 aliphatic rings. The molecule has 0 saturated heterocycles. The Morgan fingerprint density at radius 2 is 1.74 bits per heavy atom. The van der Waals surface area contributed by atoms with Gasteiger partial charge in [0.25, 0.3) is 5.91 Å². The lowest BCUT2D eigenvalue weighted by molar-refractivity contribution is 0.102. The highest BCUT2D eigenvalue weighted by Gasteiger charge is 2.11. The summed E-state index contributed by atoms with van der Waals surface area (Å²) in [4.78, 5) is 12.3. The maximum Gasteiger partial charge on any atom is 0.255 e. The predicted octanol–water partition coefficient (Wildman–Crippen LogP) is 4.12. The van der Waals surface area contributed by atoms with E-state index in [9.17, 15) is 4.79 Å². The van der Waals surface area contributed by atoms with E-state index < -0.39 is 0 Å². The van der Waals surface area contributed by atoms with Crippen molar-refractivity contribution in [1.82, 2.24) is 0 Å². The molecule has 122 valence electrons. The first-order valence-electron chi connectivity index (χ1n) is 7.04. The highest BCUT2D eigenvalue weighted by Crippen LogP contribution is 2.30. The number of benzene rings is 2. The number of rotatable bonds is 6. The van der Waals surface area contributed by atoms with Crippen molar-refractivity contribution in [3.63, 3.8) is 0 Å². The minimum atomic E-state index is -0.221. The molecule has 0 bridgehead atoms. The van der Waals surface area contributed by atoms with Crippen LogP contribution in [0.3, 0.4) is 0 Å². The number of halogens is 1. The van der Waals surface area contributed by atoms with E-state index in [2.05, 4.69) is 21.2 Å². The lowest BCUT2D eigenvalue weighted by Gasteiger charge is -2.11. The number of carbonyl (C=O) groups excluding carboxylic acids is 1. The maximum absolute atomic E-state index is 12.3. The van der Waals surface area contributed by atoms with Crippen molar-refractivity contribution in [1.29, 1.82) is 0 Å². The van der Waals surface area contributed by atoms with Gasteiger partial charge in [-0.15, -0.1) is 0 Å².